The zero-order valence-corrected chi connectivity index (χ0v) is 24.8. The maximum Gasteiger partial charge on any atom is 0.334 e. The number of rotatable bonds is 8. The Morgan fingerprint density at radius 1 is 0.639 bits per heavy atom. The van der Waals surface area contributed by atoms with Crippen molar-refractivity contribution in [3.05, 3.63) is 0 Å². The van der Waals surface area contributed by atoms with Crippen molar-refractivity contribution in [3.8, 4) is 0 Å². The normalized spacial score (nSPS) is 24.5. The van der Waals surface area contributed by atoms with Crippen LogP contribution in [0.4, 0.5) is 0 Å². The third-order valence-corrected chi connectivity index (χ3v) is 8.70. The van der Waals surface area contributed by atoms with Crippen molar-refractivity contribution in [2.24, 2.45) is 17.3 Å². The Labute approximate surface area is 218 Å². The third kappa shape index (κ3) is 8.71. The fourth-order valence-corrected chi connectivity index (χ4v) is 7.58. The molecular formula is C23H50N2O9P2. The predicted octanol–water partition coefficient (Wildman–Crippen LogP) is 1.22. The summed E-state index contributed by atoms with van der Waals surface area (Å²) in [5.74, 6) is -0.343. The van der Waals surface area contributed by atoms with E-state index in [0.717, 1.165) is 0 Å². The van der Waals surface area contributed by atoms with Gasteiger partial charge in [0.25, 0.3) is 0 Å². The smallest absolute Gasteiger partial charge is 0.334 e. The molecule has 0 radical (unpaired) electrons. The molecule has 36 heavy (non-hydrogen) atoms. The second-order valence-corrected chi connectivity index (χ2v) is 14.8. The molecule has 2 heterocycles. The van der Waals surface area contributed by atoms with Gasteiger partial charge in [-0.3, -0.25) is 0 Å². The zero-order chi connectivity index (χ0) is 28.4. The van der Waals surface area contributed by atoms with Gasteiger partial charge >= 0.3 is 17.2 Å². The first-order valence-electron chi connectivity index (χ1n) is 12.3. The maximum atomic E-state index is 12.6. The molecule has 13 heteroatoms. The van der Waals surface area contributed by atoms with Crippen molar-refractivity contribution in [1.29, 1.82) is 0 Å². The summed E-state index contributed by atoms with van der Waals surface area (Å²) < 4.78 is 3.60. The van der Waals surface area contributed by atoms with Crippen molar-refractivity contribution in [1.82, 2.24) is 10.6 Å². The number of hydrogen-bond donors (Lipinski definition) is 10. The van der Waals surface area contributed by atoms with E-state index in [0.29, 0.717) is 25.7 Å². The van der Waals surface area contributed by atoms with E-state index < -0.39 is 48.0 Å². The summed E-state index contributed by atoms with van der Waals surface area (Å²) in [5, 5.41) is 51.0. The van der Waals surface area contributed by atoms with Gasteiger partial charge in [0, 0.05) is 22.2 Å². The summed E-state index contributed by atoms with van der Waals surface area (Å²) in [4.78, 5) is 31.3. The van der Waals surface area contributed by atoms with Crippen LogP contribution in [0, 0.1) is 17.3 Å². The van der Waals surface area contributed by atoms with Crippen molar-refractivity contribution >= 4 is 17.2 Å². The van der Waals surface area contributed by atoms with Crippen molar-refractivity contribution in [3.63, 3.8) is 0 Å². The van der Waals surface area contributed by atoms with Gasteiger partial charge in [-0.25, -0.2) is 4.31 Å². The van der Waals surface area contributed by atoms with Crippen LogP contribution in [0.1, 0.15) is 81.1 Å². The molecule has 0 bridgehead atoms. The molecule has 0 unspecified atom stereocenters. The highest BCUT2D eigenvalue weighted by Crippen LogP contribution is 2.54. The lowest BCUT2D eigenvalue weighted by Gasteiger charge is -2.61. The fourth-order valence-electron chi connectivity index (χ4n) is 7.06. The summed E-state index contributed by atoms with van der Waals surface area (Å²) in [5.41, 5.74) is -3.59. The number of piperidine rings is 2. The van der Waals surface area contributed by atoms with Crippen LogP contribution in [0.5, 0.6) is 0 Å². The lowest BCUT2D eigenvalue weighted by atomic mass is 9.52. The van der Waals surface area contributed by atoms with Crippen LogP contribution in [0.2, 0.25) is 0 Å². The molecule has 0 amide bonds. The monoisotopic (exact) mass is 560 g/mol. The minimum atomic E-state index is -2.61. The molecule has 0 saturated carbocycles. The second kappa shape index (κ2) is 12.3. The molecule has 2 rings (SSSR count). The molecule has 2 aliphatic rings. The highest BCUT2D eigenvalue weighted by atomic mass is 31.2. The first-order chi connectivity index (χ1) is 16.1. The van der Waals surface area contributed by atoms with Crippen LogP contribution < -0.4 is 10.6 Å². The van der Waals surface area contributed by atoms with Crippen LogP contribution in [-0.4, -0.2) is 87.6 Å². The van der Waals surface area contributed by atoms with Gasteiger partial charge in [-0.15, -0.1) is 0 Å². The van der Waals surface area contributed by atoms with Gasteiger partial charge in [0.1, 0.15) is 0 Å². The molecule has 0 atom stereocenters. The van der Waals surface area contributed by atoms with Gasteiger partial charge < -0.3 is 50.6 Å². The van der Waals surface area contributed by atoms with Gasteiger partial charge in [0.2, 0.25) is 0 Å². The van der Waals surface area contributed by atoms with Crippen LogP contribution in [0.15, 0.2) is 0 Å². The third-order valence-electron chi connectivity index (χ3n) is 7.53. The van der Waals surface area contributed by atoms with E-state index in [-0.39, 0.29) is 34.0 Å². The first-order valence-corrected chi connectivity index (χ1v) is 14.6. The van der Waals surface area contributed by atoms with Crippen LogP contribution in [-0.2, 0) is 4.31 Å². The zero-order valence-electron chi connectivity index (χ0n) is 23.0. The van der Waals surface area contributed by atoms with Crippen LogP contribution in [0.25, 0.3) is 0 Å². The minimum absolute atomic E-state index is 0.171. The molecule has 2 saturated heterocycles. The van der Waals surface area contributed by atoms with E-state index in [2.05, 4.69) is 70.3 Å². The number of nitrogens with one attached hydrogen (secondary N) is 2. The molecule has 0 spiro atoms. The Morgan fingerprint density at radius 3 is 1.06 bits per heavy atom. The average Bonchev–Trinajstić information content (AvgIpc) is 2.64. The molecule has 10 N–H and O–H groups in total. The minimum Gasteiger partial charge on any atom is -0.395 e. The Balaban J connectivity index is 0.000000809. The van der Waals surface area contributed by atoms with E-state index in [1.54, 1.807) is 0 Å². The standard InChI is InChI=1S/C23H46N2O4.H4O5P2/c1-18(2)9-16(10-19(3,4)24-18)23(29,22(13-26,14-27)15-28)17-11-20(5,6)25-21(7,8)12-17;1-6(2)5-7(3)4/h16-17,24-29H,9-15H2,1-8H3;1-4H. The Hall–Kier alpha value is 0.420. The van der Waals surface area contributed by atoms with E-state index in [1.807, 2.05) is 0 Å². The summed E-state index contributed by atoms with van der Waals surface area (Å²) in [7, 11) is -5.22. The molecule has 0 aliphatic carbocycles. The van der Waals surface area contributed by atoms with E-state index in [1.165, 1.54) is 0 Å². The van der Waals surface area contributed by atoms with E-state index >= 15 is 0 Å². The SMILES string of the molecule is CC1(C)CC(C(O)(C2CC(C)(C)NC(C)(C)C2)C(CO)(CO)CO)CC(C)(C)N1.OP(O)OP(O)O. The van der Waals surface area contributed by atoms with Crippen molar-refractivity contribution < 1.29 is 44.3 Å². The molecule has 216 valence electrons. The molecule has 2 aliphatic heterocycles. The fraction of sp³-hybridized carbons (Fsp3) is 1.00. The average molecular weight is 561 g/mol. The molecule has 2 fully saturated rings. The van der Waals surface area contributed by atoms with Gasteiger partial charge in [-0.1, -0.05) is 0 Å². The number of hydrogen-bond acceptors (Lipinski definition) is 11. The largest absolute Gasteiger partial charge is 0.395 e. The van der Waals surface area contributed by atoms with Crippen molar-refractivity contribution in [2.45, 2.75) is 109 Å². The second-order valence-electron chi connectivity index (χ2n) is 13.2. The summed E-state index contributed by atoms with van der Waals surface area (Å²) in [6, 6.07) is 0. The summed E-state index contributed by atoms with van der Waals surface area (Å²) in [6.07, 6.45) is 2.83. The van der Waals surface area contributed by atoms with Gasteiger partial charge in [0.15, 0.2) is 0 Å². The number of aliphatic hydroxyl groups is 4. The van der Waals surface area contributed by atoms with Crippen LogP contribution >= 0.6 is 17.2 Å². The molecule has 0 aromatic rings. The van der Waals surface area contributed by atoms with E-state index in [9.17, 15) is 20.4 Å². The lowest BCUT2D eigenvalue weighted by molar-refractivity contribution is -0.234. The predicted molar refractivity (Wildman–Crippen MR) is 140 cm³/mol. The Kier molecular flexibility index (Phi) is 11.8. The topological polar surface area (TPSA) is 195 Å². The van der Waals surface area contributed by atoms with Gasteiger partial charge in [-0.05, 0) is 92.9 Å². The molecular weight excluding hydrogens is 510 g/mol. The van der Waals surface area contributed by atoms with E-state index in [4.69, 9.17) is 19.6 Å². The molecule has 0 aromatic carbocycles. The lowest BCUT2D eigenvalue weighted by Crippen LogP contribution is -2.72. The van der Waals surface area contributed by atoms with Gasteiger partial charge in [0.05, 0.1) is 30.8 Å². The first kappa shape index (κ1) is 34.4. The Bertz CT molecular complexity index is 617. The molecule has 0 aromatic heterocycles. The number of aliphatic hydroxyl groups excluding tert-OH is 3. The van der Waals surface area contributed by atoms with Crippen molar-refractivity contribution in [2.75, 3.05) is 19.8 Å². The summed E-state index contributed by atoms with van der Waals surface area (Å²) in [6.45, 7) is 15.7. The highest BCUT2D eigenvalue weighted by Gasteiger charge is 2.62. The van der Waals surface area contributed by atoms with Crippen LogP contribution in [0.3, 0.4) is 0 Å². The quantitative estimate of drug-likeness (QED) is 0.192. The molecule has 11 nitrogen and oxygen atoms in total. The maximum absolute atomic E-state index is 12.6. The highest BCUT2D eigenvalue weighted by molar-refractivity contribution is 7.53. The Morgan fingerprint density at radius 2 is 0.889 bits per heavy atom. The van der Waals surface area contributed by atoms with Gasteiger partial charge in [-0.2, -0.15) is 0 Å². The summed E-state index contributed by atoms with van der Waals surface area (Å²) >= 11 is 0.